The minimum absolute atomic E-state index is 0.0482. The van der Waals surface area contributed by atoms with Gasteiger partial charge in [-0.2, -0.15) is 0 Å². The van der Waals surface area contributed by atoms with E-state index in [1.54, 1.807) is 0 Å². The Hall–Kier alpha value is -1.17. The van der Waals surface area contributed by atoms with E-state index in [0.717, 1.165) is 44.2 Å². The number of ether oxygens (including phenoxy) is 3. The zero-order chi connectivity index (χ0) is 29.7. The molecule has 42 heavy (non-hydrogen) atoms. The van der Waals surface area contributed by atoms with Gasteiger partial charge in [-0.1, -0.05) is 32.4 Å². The van der Waals surface area contributed by atoms with Crippen LogP contribution in [0, 0.1) is 35.0 Å². The fraction of sp³-hybridized carbons (Fsp3) is 0.848. The highest BCUT2D eigenvalue weighted by Gasteiger charge is 2.63. The van der Waals surface area contributed by atoms with Crippen LogP contribution in [0.2, 0.25) is 0 Å². The van der Waals surface area contributed by atoms with E-state index in [2.05, 4.69) is 39.1 Å². The number of rotatable bonds is 3. The maximum Gasteiger partial charge on any atom is 0.186 e. The lowest BCUT2D eigenvalue weighted by molar-refractivity contribution is -0.312. The molecule has 3 saturated heterocycles. The highest BCUT2D eigenvalue weighted by Crippen LogP contribution is 2.64. The van der Waals surface area contributed by atoms with Crippen molar-refractivity contribution in [2.75, 3.05) is 13.2 Å². The molecule has 3 aliphatic heterocycles. The first kappa shape index (κ1) is 29.5. The molecule has 4 aliphatic carbocycles. The summed E-state index contributed by atoms with van der Waals surface area (Å²) in [5.41, 5.74) is 2.89. The maximum absolute atomic E-state index is 14.5. The largest absolute Gasteiger partial charge is 0.394 e. The zero-order valence-electron chi connectivity index (χ0n) is 25.4. The molecule has 15 atom stereocenters. The number of nitrogens with one attached hydrogen (secondary N) is 1. The first-order valence-corrected chi connectivity index (χ1v) is 16.3. The number of carbonyl (C=O) groups is 1. The van der Waals surface area contributed by atoms with Gasteiger partial charge in [0.2, 0.25) is 0 Å². The van der Waals surface area contributed by atoms with Gasteiger partial charge in [-0.05, 0) is 87.2 Å². The van der Waals surface area contributed by atoms with E-state index >= 15 is 0 Å². The fourth-order valence-corrected chi connectivity index (χ4v) is 10.4. The summed E-state index contributed by atoms with van der Waals surface area (Å²) in [6, 6.07) is 0.344. The first-order valence-electron chi connectivity index (χ1n) is 16.3. The second-order valence-corrected chi connectivity index (χ2v) is 14.9. The summed E-state index contributed by atoms with van der Waals surface area (Å²) >= 11 is 0. The van der Waals surface area contributed by atoms with E-state index in [9.17, 15) is 25.2 Å². The Morgan fingerprint density at radius 2 is 1.90 bits per heavy atom. The summed E-state index contributed by atoms with van der Waals surface area (Å²) in [6.45, 7) is 9.60. The van der Waals surface area contributed by atoms with Gasteiger partial charge in [-0.15, -0.1) is 0 Å². The lowest BCUT2D eigenvalue weighted by atomic mass is 9.56. The Bertz CT molecular complexity index is 1170. The SMILES string of the molecule is CC1=C2C(=O)[C@H]3[C@@H](CC=C4C[C@@H](O[C@@H]5O[C@H](CO)[C@@H](O)[C@H](O)[C@H]5O)CC[C@@]43C)[C@@H]2CC[C@]12O[C@H]1C[C@H](C)CN[C@H]1[C@@H]2C. The molecule has 0 radical (unpaired) electrons. The fourth-order valence-electron chi connectivity index (χ4n) is 10.4. The summed E-state index contributed by atoms with van der Waals surface area (Å²) in [4.78, 5) is 14.5. The molecular weight excluding hydrogens is 538 g/mol. The van der Waals surface area contributed by atoms with Crippen LogP contribution in [0.25, 0.3) is 0 Å². The van der Waals surface area contributed by atoms with Crippen LogP contribution in [0.4, 0.5) is 0 Å². The minimum Gasteiger partial charge on any atom is -0.394 e. The van der Waals surface area contributed by atoms with E-state index < -0.39 is 37.3 Å². The Labute approximate surface area is 248 Å². The Kier molecular flexibility index (Phi) is 7.34. The molecule has 234 valence electrons. The van der Waals surface area contributed by atoms with Crippen LogP contribution >= 0.6 is 0 Å². The van der Waals surface area contributed by atoms with E-state index in [0.29, 0.717) is 42.4 Å². The average Bonchev–Trinajstić information content (AvgIpc) is 3.42. The zero-order valence-corrected chi connectivity index (χ0v) is 25.4. The summed E-state index contributed by atoms with van der Waals surface area (Å²) in [6.07, 6.45) is 1.93. The molecule has 0 aromatic heterocycles. The molecule has 9 heteroatoms. The van der Waals surface area contributed by atoms with Gasteiger partial charge in [0.05, 0.1) is 24.4 Å². The predicted octanol–water partition coefficient (Wildman–Crippen LogP) is 2.01. The lowest BCUT2D eigenvalue weighted by Gasteiger charge is -2.49. The Morgan fingerprint density at radius 3 is 2.67 bits per heavy atom. The molecule has 0 unspecified atom stereocenters. The summed E-state index contributed by atoms with van der Waals surface area (Å²) in [5, 5.41) is 44.2. The Balaban J connectivity index is 1.11. The molecule has 7 rings (SSSR count). The van der Waals surface area contributed by atoms with Crippen LogP contribution in [0.3, 0.4) is 0 Å². The molecule has 2 saturated carbocycles. The van der Waals surface area contributed by atoms with Crippen molar-refractivity contribution >= 4 is 5.78 Å². The van der Waals surface area contributed by atoms with Crippen molar-refractivity contribution in [2.24, 2.45) is 35.0 Å². The molecular formula is C33H49NO8. The molecule has 0 aromatic rings. The molecule has 5 N–H and O–H groups in total. The molecule has 1 spiro atoms. The maximum atomic E-state index is 14.5. The van der Waals surface area contributed by atoms with Crippen molar-refractivity contribution < 1.29 is 39.4 Å². The number of piperidine rings is 1. The number of carbonyl (C=O) groups excluding carboxylic acids is 1. The van der Waals surface area contributed by atoms with Crippen LogP contribution in [-0.2, 0) is 19.0 Å². The highest BCUT2D eigenvalue weighted by molar-refractivity contribution is 6.02. The molecule has 0 bridgehead atoms. The minimum atomic E-state index is -1.46. The second kappa shape index (κ2) is 10.4. The summed E-state index contributed by atoms with van der Waals surface area (Å²) in [7, 11) is 0. The van der Waals surface area contributed by atoms with Gasteiger partial charge < -0.3 is 40.0 Å². The number of hydrogen-bond acceptors (Lipinski definition) is 9. The third-order valence-corrected chi connectivity index (χ3v) is 12.8. The van der Waals surface area contributed by atoms with Gasteiger partial charge in [0.25, 0.3) is 0 Å². The summed E-state index contributed by atoms with van der Waals surface area (Å²) in [5.74, 6) is 1.81. The van der Waals surface area contributed by atoms with Crippen LogP contribution in [0.5, 0.6) is 0 Å². The van der Waals surface area contributed by atoms with Crippen molar-refractivity contribution in [1.82, 2.24) is 5.32 Å². The average molecular weight is 588 g/mol. The number of allylic oxidation sites excluding steroid dienone is 2. The van der Waals surface area contributed by atoms with Gasteiger partial charge in [0, 0.05) is 23.5 Å². The standard InChI is InChI=1S/C33H49NO8/c1-15-11-22-26(34-13-15)17(3)33(42-22)10-8-20-21-6-5-18-12-19(40-31-30(39)29(38)27(36)23(14-35)41-31)7-9-32(18,4)25(21)28(37)24(20)16(33)2/h5,15,17,19-23,25-27,29-31,34-36,38-39H,6-14H2,1-4H3/t15-,17-,19-,20-,21-,22-,23+,25+,26-,27+,29-,30+,31+,32-,33-/m0/s1. The van der Waals surface area contributed by atoms with Gasteiger partial charge >= 0.3 is 0 Å². The van der Waals surface area contributed by atoms with Crippen LogP contribution in [0.15, 0.2) is 22.8 Å². The molecule has 5 fully saturated rings. The van der Waals surface area contributed by atoms with Gasteiger partial charge in [0.1, 0.15) is 24.4 Å². The third kappa shape index (κ3) is 4.14. The summed E-state index contributed by atoms with van der Waals surface area (Å²) < 4.78 is 18.8. The number of hydrogen-bond donors (Lipinski definition) is 5. The second-order valence-electron chi connectivity index (χ2n) is 14.9. The van der Waals surface area contributed by atoms with Crippen molar-refractivity contribution in [3.8, 4) is 0 Å². The number of Topliss-reactive ketones (excluding diaryl/α,β-unsaturated/α-hetero) is 1. The smallest absolute Gasteiger partial charge is 0.186 e. The molecule has 0 amide bonds. The highest BCUT2D eigenvalue weighted by atomic mass is 16.7. The first-order chi connectivity index (χ1) is 20.0. The topological polar surface area (TPSA) is 138 Å². The van der Waals surface area contributed by atoms with Crippen molar-refractivity contribution in [2.45, 2.75) is 127 Å². The molecule has 0 aromatic carbocycles. The van der Waals surface area contributed by atoms with Crippen molar-refractivity contribution in [3.05, 3.63) is 22.8 Å². The number of aliphatic hydroxyl groups is 4. The molecule has 7 aliphatic rings. The Morgan fingerprint density at radius 1 is 1.12 bits per heavy atom. The lowest BCUT2D eigenvalue weighted by Crippen LogP contribution is -2.60. The van der Waals surface area contributed by atoms with Gasteiger partial charge in [0.15, 0.2) is 12.1 Å². The predicted molar refractivity (Wildman–Crippen MR) is 153 cm³/mol. The van der Waals surface area contributed by atoms with Gasteiger partial charge in [-0.25, -0.2) is 0 Å². The number of aliphatic hydroxyl groups excluding tert-OH is 4. The third-order valence-electron chi connectivity index (χ3n) is 12.8. The molecule has 9 nitrogen and oxygen atoms in total. The normalized spacial score (nSPS) is 53.9. The quantitative estimate of drug-likeness (QED) is 0.314. The van der Waals surface area contributed by atoms with Crippen LogP contribution in [-0.4, -0.2) is 93.9 Å². The monoisotopic (exact) mass is 587 g/mol. The number of fused-ring (bicyclic) bond motifs is 6. The van der Waals surface area contributed by atoms with E-state index in [4.69, 9.17) is 14.2 Å². The van der Waals surface area contributed by atoms with E-state index in [1.807, 2.05) is 0 Å². The van der Waals surface area contributed by atoms with Gasteiger partial charge in [-0.3, -0.25) is 4.79 Å². The van der Waals surface area contributed by atoms with Crippen molar-refractivity contribution in [3.63, 3.8) is 0 Å². The van der Waals surface area contributed by atoms with E-state index in [-0.39, 0.29) is 35.1 Å². The van der Waals surface area contributed by atoms with Crippen molar-refractivity contribution in [1.29, 1.82) is 0 Å². The molecule has 3 heterocycles. The number of ketones is 1. The van der Waals surface area contributed by atoms with Crippen LogP contribution < -0.4 is 5.32 Å². The van der Waals surface area contributed by atoms with E-state index in [1.165, 1.54) is 11.1 Å². The van der Waals surface area contributed by atoms with Crippen LogP contribution in [0.1, 0.15) is 72.6 Å².